The van der Waals surface area contributed by atoms with Gasteiger partial charge >= 0.3 is 12.1 Å². The van der Waals surface area contributed by atoms with Crippen molar-refractivity contribution < 1.29 is 38.5 Å². The van der Waals surface area contributed by atoms with Gasteiger partial charge in [0.2, 0.25) is 11.8 Å². The number of ether oxygens (including phenoxy) is 3. The van der Waals surface area contributed by atoms with Gasteiger partial charge < -0.3 is 34.9 Å². The second-order valence-electron chi connectivity index (χ2n) is 14.6. The second kappa shape index (κ2) is 14.6. The number of carbonyl (C=O) groups is 4. The predicted molar refractivity (Wildman–Crippen MR) is 190 cm³/mol. The molecule has 0 bridgehead atoms. The van der Waals surface area contributed by atoms with E-state index in [9.17, 15) is 24.3 Å². The molecule has 1 unspecified atom stereocenters. The quantitative estimate of drug-likeness (QED) is 0.278. The molecule has 3 aromatic rings. The molecule has 5 atom stereocenters. The Morgan fingerprint density at radius 1 is 1.06 bits per heavy atom. The van der Waals surface area contributed by atoms with E-state index < -0.39 is 53.2 Å². The van der Waals surface area contributed by atoms with Gasteiger partial charge in [-0.05, 0) is 58.6 Å². The van der Waals surface area contributed by atoms with Gasteiger partial charge in [-0.2, -0.15) is 0 Å². The molecule has 270 valence electrons. The minimum atomic E-state index is -1.44. The summed E-state index contributed by atoms with van der Waals surface area (Å²) in [6.45, 7) is 5.26. The Labute approximate surface area is 297 Å². The van der Waals surface area contributed by atoms with Crippen LogP contribution in [-0.4, -0.2) is 81.8 Å². The minimum absolute atomic E-state index is 0.0352. The number of methoxy groups -OCH3 is 1. The number of carboxylic acid groups (broad SMARTS) is 1. The standard InChI is InChI=1S/C39H46N4O8/c1-38(2,3)51-37(48)41-29-16-12-7-5-6-11-15-25-22-39(25,36(46)47)42-34(44)32-20-27(23-43(32)35(29)45)50-33-21-30(24-13-9-8-10-14-24)40-31-19-26(49-4)17-18-28(31)33/h8-11,13-15,17-19,21,25,27,29,32H,5-7,12,16,20,22-23H2,1-4H3,(H,41,48)(H,42,44)(H,46,47)/b15-11-/t25-,27-,29?,32+,39-/m1/s1. The molecule has 1 aromatic heterocycles. The fourth-order valence-corrected chi connectivity index (χ4v) is 6.93. The second-order valence-corrected chi connectivity index (χ2v) is 14.6. The fourth-order valence-electron chi connectivity index (χ4n) is 6.93. The number of nitrogens with one attached hydrogen (secondary N) is 2. The number of carboxylic acids is 1. The molecule has 12 nitrogen and oxygen atoms in total. The summed E-state index contributed by atoms with van der Waals surface area (Å²) in [6, 6.07) is 15.0. The lowest BCUT2D eigenvalue weighted by atomic mass is 10.0. The summed E-state index contributed by atoms with van der Waals surface area (Å²) in [5, 5.41) is 16.5. The Bertz CT molecular complexity index is 1820. The first-order valence-electron chi connectivity index (χ1n) is 17.6. The Balaban J connectivity index is 1.34. The number of rotatable bonds is 6. The Kier molecular flexibility index (Phi) is 10.2. The summed E-state index contributed by atoms with van der Waals surface area (Å²) in [4.78, 5) is 60.2. The number of carbonyl (C=O) groups excluding carboxylic acids is 3. The van der Waals surface area contributed by atoms with Crippen LogP contribution in [0.25, 0.3) is 22.2 Å². The number of amides is 3. The highest BCUT2D eigenvalue weighted by Gasteiger charge is 2.61. The number of allylic oxidation sites excluding steroid dienone is 1. The van der Waals surface area contributed by atoms with Crippen molar-refractivity contribution in [2.45, 2.75) is 95.0 Å². The van der Waals surface area contributed by atoms with Gasteiger partial charge in [-0.1, -0.05) is 55.3 Å². The molecule has 3 heterocycles. The highest BCUT2D eigenvalue weighted by Crippen LogP contribution is 2.45. The first kappa shape index (κ1) is 35.7. The normalized spacial score (nSPS) is 26.1. The van der Waals surface area contributed by atoms with Gasteiger partial charge in [-0.25, -0.2) is 14.6 Å². The molecule has 2 fully saturated rings. The summed E-state index contributed by atoms with van der Waals surface area (Å²) < 4.78 is 17.6. The molecule has 0 spiro atoms. The van der Waals surface area contributed by atoms with Crippen LogP contribution in [0.5, 0.6) is 11.5 Å². The summed E-state index contributed by atoms with van der Waals surface area (Å²) in [5.74, 6) is -1.35. The van der Waals surface area contributed by atoms with Gasteiger partial charge in [0, 0.05) is 35.4 Å². The zero-order valence-electron chi connectivity index (χ0n) is 29.5. The molecule has 3 N–H and O–H groups in total. The summed E-state index contributed by atoms with van der Waals surface area (Å²) in [5.41, 5.74) is -0.0312. The molecule has 6 rings (SSSR count). The average Bonchev–Trinajstić information content (AvgIpc) is 3.63. The zero-order valence-corrected chi connectivity index (χ0v) is 29.5. The first-order chi connectivity index (χ1) is 24.4. The molecule has 3 aliphatic rings. The molecule has 1 aliphatic carbocycles. The third-order valence-electron chi connectivity index (χ3n) is 9.65. The van der Waals surface area contributed by atoms with Crippen LogP contribution in [0.2, 0.25) is 0 Å². The number of fused-ring (bicyclic) bond motifs is 3. The predicted octanol–water partition coefficient (Wildman–Crippen LogP) is 5.63. The average molecular weight is 699 g/mol. The van der Waals surface area contributed by atoms with E-state index in [1.165, 1.54) is 4.90 Å². The molecule has 0 radical (unpaired) electrons. The SMILES string of the molecule is COc1ccc2c(O[C@@H]3C[C@H]4C(=O)N[C@]5(C(=O)O)C[C@H]5/C=C\CCCCCC(NC(=O)OC(C)(C)C)C(=O)N4C3)cc(-c3ccccc3)nc2c1. The van der Waals surface area contributed by atoms with Crippen molar-refractivity contribution in [3.05, 3.63) is 66.7 Å². The molecule has 1 saturated carbocycles. The highest BCUT2D eigenvalue weighted by molar-refractivity contribution is 5.96. The Morgan fingerprint density at radius 2 is 1.84 bits per heavy atom. The fraction of sp³-hybridized carbons (Fsp3) is 0.462. The number of hydrogen-bond acceptors (Lipinski definition) is 8. The van der Waals surface area contributed by atoms with E-state index in [2.05, 4.69) is 10.6 Å². The third kappa shape index (κ3) is 8.10. The molecule has 1 saturated heterocycles. The molecule has 51 heavy (non-hydrogen) atoms. The molecule has 3 amide bonds. The van der Waals surface area contributed by atoms with E-state index in [1.807, 2.05) is 66.7 Å². The number of aromatic nitrogens is 1. The van der Waals surface area contributed by atoms with E-state index in [4.69, 9.17) is 19.2 Å². The number of alkyl carbamates (subject to hydrolysis) is 1. The Hall–Kier alpha value is -5.13. The van der Waals surface area contributed by atoms with Crippen LogP contribution in [0.3, 0.4) is 0 Å². The number of aliphatic carboxylic acids is 1. The Morgan fingerprint density at radius 3 is 2.57 bits per heavy atom. The monoisotopic (exact) mass is 698 g/mol. The maximum absolute atomic E-state index is 14.4. The lowest BCUT2D eigenvalue weighted by Gasteiger charge is -2.30. The number of nitrogens with zero attached hydrogens (tertiary/aromatic N) is 2. The molecule has 2 aliphatic heterocycles. The van der Waals surface area contributed by atoms with E-state index >= 15 is 0 Å². The van der Waals surface area contributed by atoms with Gasteiger partial charge in [0.25, 0.3) is 0 Å². The number of benzene rings is 2. The van der Waals surface area contributed by atoms with Crippen LogP contribution >= 0.6 is 0 Å². The molecule has 2 aromatic carbocycles. The maximum Gasteiger partial charge on any atom is 0.408 e. The van der Waals surface area contributed by atoms with Crippen molar-refractivity contribution in [2.75, 3.05) is 13.7 Å². The van der Waals surface area contributed by atoms with Crippen molar-refractivity contribution in [3.8, 4) is 22.8 Å². The van der Waals surface area contributed by atoms with Crippen molar-refractivity contribution in [2.24, 2.45) is 5.92 Å². The summed E-state index contributed by atoms with van der Waals surface area (Å²) >= 11 is 0. The molecular weight excluding hydrogens is 652 g/mol. The zero-order chi connectivity index (χ0) is 36.3. The lowest BCUT2D eigenvalue weighted by molar-refractivity contribution is -0.145. The number of hydrogen-bond donors (Lipinski definition) is 3. The van der Waals surface area contributed by atoms with Gasteiger partial charge in [0.15, 0.2) is 0 Å². The summed E-state index contributed by atoms with van der Waals surface area (Å²) in [6.07, 6.45) is 6.22. The van der Waals surface area contributed by atoms with Crippen molar-refractivity contribution in [3.63, 3.8) is 0 Å². The van der Waals surface area contributed by atoms with Crippen LogP contribution in [0, 0.1) is 5.92 Å². The van der Waals surface area contributed by atoms with E-state index in [1.54, 1.807) is 27.9 Å². The van der Waals surface area contributed by atoms with Gasteiger partial charge in [0.05, 0.1) is 24.9 Å². The molecule has 12 heteroatoms. The van der Waals surface area contributed by atoms with Gasteiger partial charge in [-0.15, -0.1) is 0 Å². The van der Waals surface area contributed by atoms with Crippen LogP contribution in [0.4, 0.5) is 4.79 Å². The van der Waals surface area contributed by atoms with Crippen LogP contribution in [-0.2, 0) is 19.1 Å². The van der Waals surface area contributed by atoms with Crippen LogP contribution < -0.4 is 20.1 Å². The van der Waals surface area contributed by atoms with E-state index in [-0.39, 0.29) is 25.3 Å². The van der Waals surface area contributed by atoms with Crippen molar-refractivity contribution in [1.29, 1.82) is 0 Å². The third-order valence-corrected chi connectivity index (χ3v) is 9.65. The van der Waals surface area contributed by atoms with Crippen molar-refractivity contribution >= 4 is 34.8 Å². The van der Waals surface area contributed by atoms with Gasteiger partial charge in [0.1, 0.15) is 40.8 Å². The van der Waals surface area contributed by atoms with Crippen LogP contribution in [0.1, 0.15) is 65.7 Å². The molecular formula is C39H46N4O8. The van der Waals surface area contributed by atoms with Crippen LogP contribution in [0.15, 0.2) is 66.7 Å². The number of pyridine rings is 1. The first-order valence-corrected chi connectivity index (χ1v) is 17.6. The maximum atomic E-state index is 14.4. The summed E-state index contributed by atoms with van der Waals surface area (Å²) in [7, 11) is 1.58. The highest BCUT2D eigenvalue weighted by atomic mass is 16.6. The van der Waals surface area contributed by atoms with E-state index in [0.29, 0.717) is 35.6 Å². The van der Waals surface area contributed by atoms with Crippen molar-refractivity contribution in [1.82, 2.24) is 20.5 Å². The minimum Gasteiger partial charge on any atom is -0.497 e. The smallest absolute Gasteiger partial charge is 0.408 e. The lowest BCUT2D eigenvalue weighted by Crippen LogP contribution is -2.56. The largest absolute Gasteiger partial charge is 0.497 e. The van der Waals surface area contributed by atoms with E-state index in [0.717, 1.165) is 30.2 Å². The topological polar surface area (TPSA) is 156 Å². The van der Waals surface area contributed by atoms with Gasteiger partial charge in [-0.3, -0.25) is 9.59 Å².